The van der Waals surface area contributed by atoms with Crippen LogP contribution < -0.4 is 0 Å². The van der Waals surface area contributed by atoms with Crippen molar-refractivity contribution in [3.63, 3.8) is 0 Å². The number of hydrogen-bond donors (Lipinski definition) is 1. The SMILES string of the molecule is Brc1cccs1.c1c[nH]cn1. The summed E-state index contributed by atoms with van der Waals surface area (Å²) in [5.74, 6) is 0. The molecular weight excluding hydrogens is 224 g/mol. The molecule has 0 aliphatic heterocycles. The number of thiophene rings is 1. The molecule has 2 aromatic rings. The average molecular weight is 231 g/mol. The van der Waals surface area contributed by atoms with E-state index in [1.54, 1.807) is 30.1 Å². The van der Waals surface area contributed by atoms with Gasteiger partial charge in [0.15, 0.2) is 0 Å². The van der Waals surface area contributed by atoms with Gasteiger partial charge in [-0.05, 0) is 27.4 Å². The van der Waals surface area contributed by atoms with Gasteiger partial charge in [0, 0.05) is 12.4 Å². The number of halogens is 1. The number of nitrogens with zero attached hydrogens (tertiary/aromatic N) is 1. The first-order chi connectivity index (χ1) is 5.39. The highest BCUT2D eigenvalue weighted by Gasteiger charge is 1.77. The zero-order chi connectivity index (χ0) is 7.94. The third kappa shape index (κ3) is 3.95. The van der Waals surface area contributed by atoms with Crippen molar-refractivity contribution in [3.8, 4) is 0 Å². The molecular formula is C7H7BrN2S. The molecule has 2 aromatic heterocycles. The third-order valence-corrected chi connectivity index (χ3v) is 2.37. The first-order valence-electron chi connectivity index (χ1n) is 3.01. The molecule has 58 valence electrons. The quantitative estimate of drug-likeness (QED) is 0.741. The van der Waals surface area contributed by atoms with Gasteiger partial charge in [0.1, 0.15) is 0 Å². The lowest BCUT2D eigenvalue weighted by atomic mass is 10.7. The Morgan fingerprint density at radius 2 is 2.45 bits per heavy atom. The molecule has 0 atom stereocenters. The van der Waals surface area contributed by atoms with E-state index < -0.39 is 0 Å². The topological polar surface area (TPSA) is 28.7 Å². The second-order valence-corrected chi connectivity index (χ2v) is 4.00. The highest BCUT2D eigenvalue weighted by molar-refractivity contribution is 9.11. The Kier molecular flexibility index (Phi) is 3.93. The zero-order valence-corrected chi connectivity index (χ0v) is 8.10. The highest BCUT2D eigenvalue weighted by Crippen LogP contribution is 2.14. The van der Waals surface area contributed by atoms with Crippen LogP contribution in [-0.2, 0) is 0 Å². The average Bonchev–Trinajstić information content (AvgIpc) is 2.57. The number of H-pyrrole nitrogens is 1. The molecule has 0 bridgehead atoms. The van der Waals surface area contributed by atoms with Crippen LogP contribution in [0.25, 0.3) is 0 Å². The second-order valence-electron chi connectivity index (χ2n) is 1.68. The molecule has 0 aromatic carbocycles. The van der Waals surface area contributed by atoms with Crippen LogP contribution in [0, 0.1) is 0 Å². The van der Waals surface area contributed by atoms with Gasteiger partial charge in [0.05, 0.1) is 10.1 Å². The molecule has 2 heterocycles. The number of hydrogen-bond acceptors (Lipinski definition) is 2. The molecule has 1 N–H and O–H groups in total. The van der Waals surface area contributed by atoms with Crippen molar-refractivity contribution < 1.29 is 0 Å². The summed E-state index contributed by atoms with van der Waals surface area (Å²) in [5.41, 5.74) is 0. The number of nitrogens with one attached hydrogen (secondary N) is 1. The Balaban J connectivity index is 0.000000112. The van der Waals surface area contributed by atoms with Crippen molar-refractivity contribution in [2.75, 3.05) is 0 Å². The highest BCUT2D eigenvalue weighted by atomic mass is 79.9. The van der Waals surface area contributed by atoms with Crippen LogP contribution in [0.3, 0.4) is 0 Å². The van der Waals surface area contributed by atoms with Gasteiger partial charge in [0.25, 0.3) is 0 Å². The van der Waals surface area contributed by atoms with E-state index >= 15 is 0 Å². The minimum absolute atomic E-state index is 1.20. The maximum absolute atomic E-state index is 3.67. The van der Waals surface area contributed by atoms with Gasteiger partial charge in [-0.2, -0.15) is 0 Å². The van der Waals surface area contributed by atoms with Crippen LogP contribution in [0.1, 0.15) is 0 Å². The largest absolute Gasteiger partial charge is 0.351 e. The molecule has 0 amide bonds. The molecule has 11 heavy (non-hydrogen) atoms. The van der Waals surface area contributed by atoms with Gasteiger partial charge < -0.3 is 4.98 Å². The lowest BCUT2D eigenvalue weighted by Gasteiger charge is -1.62. The van der Waals surface area contributed by atoms with Gasteiger partial charge in [-0.3, -0.25) is 0 Å². The lowest BCUT2D eigenvalue weighted by Crippen LogP contribution is -1.44. The van der Waals surface area contributed by atoms with Crippen LogP contribution in [-0.4, -0.2) is 9.97 Å². The molecule has 0 saturated heterocycles. The van der Waals surface area contributed by atoms with Crippen molar-refractivity contribution in [2.45, 2.75) is 0 Å². The number of rotatable bonds is 0. The van der Waals surface area contributed by atoms with E-state index in [1.165, 1.54) is 3.79 Å². The van der Waals surface area contributed by atoms with Crippen LogP contribution in [0.15, 0.2) is 40.0 Å². The molecule has 0 unspecified atom stereocenters. The fourth-order valence-corrected chi connectivity index (χ4v) is 1.39. The van der Waals surface area contributed by atoms with Crippen molar-refractivity contribution in [2.24, 2.45) is 0 Å². The van der Waals surface area contributed by atoms with Gasteiger partial charge in [0.2, 0.25) is 0 Å². The second kappa shape index (κ2) is 5.09. The Bertz CT molecular complexity index is 235. The maximum Gasteiger partial charge on any atom is 0.0919 e. The Morgan fingerprint density at radius 3 is 2.64 bits per heavy atom. The fraction of sp³-hybridized carbons (Fsp3) is 0. The molecule has 0 radical (unpaired) electrons. The Labute approximate surface area is 77.4 Å². The summed E-state index contributed by atoms with van der Waals surface area (Å²) >= 11 is 4.99. The van der Waals surface area contributed by atoms with Crippen molar-refractivity contribution in [1.82, 2.24) is 9.97 Å². The molecule has 2 nitrogen and oxygen atoms in total. The molecule has 0 spiro atoms. The molecule has 0 saturated carbocycles. The summed E-state index contributed by atoms with van der Waals surface area (Å²) in [5, 5.41) is 2.03. The fourth-order valence-electron chi connectivity index (χ4n) is 0.474. The van der Waals surface area contributed by atoms with Crippen LogP contribution in [0.4, 0.5) is 0 Å². The predicted octanol–water partition coefficient (Wildman–Crippen LogP) is 2.92. The summed E-state index contributed by atoms with van der Waals surface area (Å²) in [7, 11) is 0. The van der Waals surface area contributed by atoms with E-state index in [2.05, 4.69) is 25.9 Å². The monoisotopic (exact) mass is 230 g/mol. The van der Waals surface area contributed by atoms with Crippen LogP contribution in [0.2, 0.25) is 0 Å². The maximum atomic E-state index is 3.67. The molecule has 0 fully saturated rings. The predicted molar refractivity (Wildman–Crippen MR) is 50.6 cm³/mol. The van der Waals surface area contributed by atoms with Gasteiger partial charge in [-0.15, -0.1) is 11.3 Å². The van der Waals surface area contributed by atoms with Gasteiger partial charge in [-0.25, -0.2) is 4.98 Å². The third-order valence-electron chi connectivity index (χ3n) is 0.892. The molecule has 2 rings (SSSR count). The van der Waals surface area contributed by atoms with Gasteiger partial charge in [-0.1, -0.05) is 6.07 Å². The standard InChI is InChI=1S/C4H3BrS.C3H4N2/c5-4-2-1-3-6-4;1-2-5-3-4-1/h1-3H;1-3H,(H,4,5). The first kappa shape index (κ1) is 8.49. The van der Waals surface area contributed by atoms with E-state index in [4.69, 9.17) is 0 Å². The smallest absolute Gasteiger partial charge is 0.0919 e. The van der Waals surface area contributed by atoms with E-state index in [1.807, 2.05) is 17.5 Å². The Morgan fingerprint density at radius 1 is 1.55 bits per heavy atom. The summed E-state index contributed by atoms with van der Waals surface area (Å²) in [6.07, 6.45) is 5.08. The van der Waals surface area contributed by atoms with E-state index in [-0.39, 0.29) is 0 Å². The van der Waals surface area contributed by atoms with Crippen molar-refractivity contribution in [1.29, 1.82) is 0 Å². The van der Waals surface area contributed by atoms with Crippen molar-refractivity contribution in [3.05, 3.63) is 40.0 Å². The van der Waals surface area contributed by atoms with Crippen LogP contribution in [0.5, 0.6) is 0 Å². The van der Waals surface area contributed by atoms with Crippen molar-refractivity contribution >= 4 is 27.3 Å². The van der Waals surface area contributed by atoms with E-state index in [0.717, 1.165) is 0 Å². The number of aromatic amines is 1. The minimum atomic E-state index is 1.20. The Hall–Kier alpha value is -0.610. The first-order valence-corrected chi connectivity index (χ1v) is 4.68. The summed E-state index contributed by atoms with van der Waals surface area (Å²) < 4.78 is 1.20. The van der Waals surface area contributed by atoms with E-state index in [0.29, 0.717) is 0 Å². The summed E-state index contributed by atoms with van der Waals surface area (Å²) in [6.45, 7) is 0. The summed E-state index contributed by atoms with van der Waals surface area (Å²) in [4.78, 5) is 6.42. The van der Waals surface area contributed by atoms with Gasteiger partial charge >= 0.3 is 0 Å². The van der Waals surface area contributed by atoms with Crippen LogP contribution >= 0.6 is 27.3 Å². The summed E-state index contributed by atoms with van der Waals surface area (Å²) in [6, 6.07) is 4.03. The minimum Gasteiger partial charge on any atom is -0.351 e. The lowest BCUT2D eigenvalue weighted by molar-refractivity contribution is 1.31. The number of aromatic nitrogens is 2. The number of imidazole rings is 1. The zero-order valence-electron chi connectivity index (χ0n) is 5.70. The van der Waals surface area contributed by atoms with E-state index in [9.17, 15) is 0 Å². The molecule has 0 aliphatic carbocycles. The molecule has 0 aliphatic rings. The molecule has 4 heteroatoms. The normalized spacial score (nSPS) is 8.45.